The third kappa shape index (κ3) is 2.33. The van der Waals surface area contributed by atoms with Gasteiger partial charge >= 0.3 is 0 Å². The number of hydrogen-bond acceptors (Lipinski definition) is 1. The highest BCUT2D eigenvalue weighted by molar-refractivity contribution is 7.09. The smallest absolute Gasteiger partial charge is 0.0408 e. The van der Waals surface area contributed by atoms with Crippen LogP contribution >= 0.6 is 22.9 Å². The minimum Gasteiger partial charge on any atom is -0.149 e. The van der Waals surface area contributed by atoms with E-state index in [1.54, 1.807) is 11.3 Å². The van der Waals surface area contributed by atoms with Crippen LogP contribution in [0.2, 0.25) is 5.02 Å². The summed E-state index contributed by atoms with van der Waals surface area (Å²) in [6, 6.07) is 12.2. The van der Waals surface area contributed by atoms with Crippen LogP contribution in [0.4, 0.5) is 0 Å². The molecule has 0 atom stereocenters. The van der Waals surface area contributed by atoms with Crippen molar-refractivity contribution in [3.05, 3.63) is 57.2 Å². The van der Waals surface area contributed by atoms with Gasteiger partial charge in [0.15, 0.2) is 0 Å². The zero-order valence-electron chi connectivity index (χ0n) is 7.03. The maximum atomic E-state index is 5.89. The summed E-state index contributed by atoms with van der Waals surface area (Å²) in [6.45, 7) is 0. The van der Waals surface area contributed by atoms with Crippen molar-refractivity contribution in [1.82, 2.24) is 0 Å². The highest BCUT2D eigenvalue weighted by atomic mass is 35.5. The second-order valence-electron chi connectivity index (χ2n) is 2.89. The van der Waals surface area contributed by atoms with Crippen LogP contribution in [0.5, 0.6) is 0 Å². The van der Waals surface area contributed by atoms with Crippen LogP contribution in [0, 0.1) is 0 Å². The summed E-state index contributed by atoms with van der Waals surface area (Å²) in [4.78, 5) is 1.38. The van der Waals surface area contributed by atoms with Gasteiger partial charge in [-0.3, -0.25) is 0 Å². The third-order valence-electron chi connectivity index (χ3n) is 1.85. The van der Waals surface area contributed by atoms with Crippen LogP contribution in [0.25, 0.3) is 0 Å². The summed E-state index contributed by atoms with van der Waals surface area (Å²) < 4.78 is 0. The molecule has 0 bridgehead atoms. The number of thiophene rings is 1. The predicted octanol–water partition coefficient (Wildman–Crippen LogP) is 3.99. The molecule has 0 amide bonds. The second kappa shape index (κ2) is 3.95. The van der Waals surface area contributed by atoms with E-state index in [-0.39, 0.29) is 0 Å². The van der Waals surface area contributed by atoms with Crippen LogP contribution in [-0.4, -0.2) is 0 Å². The fraction of sp³-hybridized carbons (Fsp3) is 0.0909. The van der Waals surface area contributed by atoms with E-state index < -0.39 is 0 Å². The summed E-state index contributed by atoms with van der Waals surface area (Å²) in [5.41, 5.74) is 1.27. The average Bonchev–Trinajstić information content (AvgIpc) is 2.57. The molecule has 1 heterocycles. The third-order valence-corrected chi connectivity index (χ3v) is 2.96. The Bertz CT molecular complexity index is 379. The largest absolute Gasteiger partial charge is 0.149 e. The van der Waals surface area contributed by atoms with Crippen molar-refractivity contribution < 1.29 is 0 Å². The fourth-order valence-electron chi connectivity index (χ4n) is 1.26. The van der Waals surface area contributed by atoms with E-state index in [2.05, 4.69) is 23.6 Å². The molecular formula is C11H9ClS. The molecule has 0 radical (unpaired) electrons. The first-order valence-corrected chi connectivity index (χ1v) is 5.37. The summed E-state index contributed by atoms with van der Waals surface area (Å²) in [5, 5.41) is 2.91. The molecule has 0 saturated heterocycles. The van der Waals surface area contributed by atoms with Crippen LogP contribution in [-0.2, 0) is 6.42 Å². The topological polar surface area (TPSA) is 0 Å². The molecule has 0 unspecified atom stereocenters. The summed E-state index contributed by atoms with van der Waals surface area (Å²) in [6.07, 6.45) is 0.984. The lowest BCUT2D eigenvalue weighted by atomic mass is 10.1. The van der Waals surface area contributed by atoms with E-state index in [9.17, 15) is 0 Å². The lowest BCUT2D eigenvalue weighted by Crippen LogP contribution is -1.82. The van der Waals surface area contributed by atoms with Crippen LogP contribution < -0.4 is 0 Å². The molecule has 0 N–H and O–H groups in total. The van der Waals surface area contributed by atoms with Gasteiger partial charge in [0.25, 0.3) is 0 Å². The van der Waals surface area contributed by atoms with Gasteiger partial charge in [0, 0.05) is 16.3 Å². The molecule has 13 heavy (non-hydrogen) atoms. The molecule has 66 valence electrons. The molecule has 2 aromatic rings. The predicted molar refractivity (Wildman–Crippen MR) is 58.6 cm³/mol. The molecule has 0 fully saturated rings. The molecular weight excluding hydrogens is 200 g/mol. The van der Waals surface area contributed by atoms with E-state index in [1.807, 2.05) is 18.2 Å². The Morgan fingerprint density at radius 1 is 1.15 bits per heavy atom. The number of rotatable bonds is 2. The SMILES string of the molecule is Clc1cccc(Cc2cccs2)c1. The Balaban J connectivity index is 2.19. The van der Waals surface area contributed by atoms with Gasteiger partial charge in [-0.05, 0) is 29.1 Å². The molecule has 2 heteroatoms. The van der Waals surface area contributed by atoms with Gasteiger partial charge in [-0.2, -0.15) is 0 Å². The van der Waals surface area contributed by atoms with E-state index in [0.717, 1.165) is 11.4 Å². The molecule has 1 aromatic heterocycles. The van der Waals surface area contributed by atoms with Crippen molar-refractivity contribution in [2.75, 3.05) is 0 Å². The van der Waals surface area contributed by atoms with E-state index in [1.165, 1.54) is 10.4 Å². The maximum Gasteiger partial charge on any atom is 0.0408 e. The highest BCUT2D eigenvalue weighted by Crippen LogP contribution is 2.17. The monoisotopic (exact) mass is 208 g/mol. The normalized spacial score (nSPS) is 10.2. The fourth-order valence-corrected chi connectivity index (χ4v) is 2.21. The molecule has 1 aromatic carbocycles. The van der Waals surface area contributed by atoms with Crippen LogP contribution in [0.3, 0.4) is 0 Å². The standard InChI is InChI=1S/C11H9ClS/c12-10-4-1-3-9(7-10)8-11-5-2-6-13-11/h1-7H,8H2. The lowest BCUT2D eigenvalue weighted by Gasteiger charge is -1.98. The van der Waals surface area contributed by atoms with Gasteiger partial charge in [0.05, 0.1) is 0 Å². The lowest BCUT2D eigenvalue weighted by molar-refractivity contribution is 1.24. The van der Waals surface area contributed by atoms with Crippen molar-refractivity contribution >= 4 is 22.9 Å². The Kier molecular flexibility index (Phi) is 2.67. The minimum absolute atomic E-state index is 0.814. The zero-order chi connectivity index (χ0) is 9.10. The maximum absolute atomic E-state index is 5.89. The Labute approximate surface area is 86.8 Å². The first-order valence-electron chi connectivity index (χ1n) is 4.11. The quantitative estimate of drug-likeness (QED) is 0.700. The molecule has 0 aliphatic heterocycles. The van der Waals surface area contributed by atoms with Crippen LogP contribution in [0.1, 0.15) is 10.4 Å². The first kappa shape index (κ1) is 8.79. The molecule has 2 rings (SSSR count). The molecule has 0 aliphatic carbocycles. The summed E-state index contributed by atoms with van der Waals surface area (Å²) in [5.74, 6) is 0. The number of halogens is 1. The highest BCUT2D eigenvalue weighted by Gasteiger charge is 1.97. The van der Waals surface area contributed by atoms with Gasteiger partial charge in [-0.25, -0.2) is 0 Å². The molecule has 0 spiro atoms. The summed E-state index contributed by atoms with van der Waals surface area (Å²) >= 11 is 7.67. The number of hydrogen-bond donors (Lipinski definition) is 0. The molecule has 0 nitrogen and oxygen atoms in total. The second-order valence-corrected chi connectivity index (χ2v) is 4.35. The van der Waals surface area contributed by atoms with Crippen molar-refractivity contribution in [1.29, 1.82) is 0 Å². The Morgan fingerprint density at radius 2 is 2.08 bits per heavy atom. The first-order chi connectivity index (χ1) is 6.34. The van der Waals surface area contributed by atoms with E-state index in [0.29, 0.717) is 0 Å². The van der Waals surface area contributed by atoms with E-state index >= 15 is 0 Å². The van der Waals surface area contributed by atoms with Gasteiger partial charge in [0.1, 0.15) is 0 Å². The zero-order valence-corrected chi connectivity index (χ0v) is 8.61. The van der Waals surface area contributed by atoms with Crippen molar-refractivity contribution in [3.63, 3.8) is 0 Å². The average molecular weight is 209 g/mol. The minimum atomic E-state index is 0.814. The number of benzene rings is 1. The Hall–Kier alpha value is -0.790. The molecule has 0 aliphatic rings. The van der Waals surface area contributed by atoms with Crippen molar-refractivity contribution in [3.8, 4) is 0 Å². The molecule has 0 saturated carbocycles. The summed E-state index contributed by atoms with van der Waals surface area (Å²) in [7, 11) is 0. The van der Waals surface area contributed by atoms with Gasteiger partial charge in [-0.1, -0.05) is 29.8 Å². The van der Waals surface area contributed by atoms with E-state index in [4.69, 9.17) is 11.6 Å². The van der Waals surface area contributed by atoms with Crippen LogP contribution in [0.15, 0.2) is 41.8 Å². The van der Waals surface area contributed by atoms with Gasteiger partial charge < -0.3 is 0 Å². The van der Waals surface area contributed by atoms with Gasteiger partial charge in [-0.15, -0.1) is 11.3 Å². The van der Waals surface area contributed by atoms with Gasteiger partial charge in [0.2, 0.25) is 0 Å². The van der Waals surface area contributed by atoms with Crippen molar-refractivity contribution in [2.24, 2.45) is 0 Å². The van der Waals surface area contributed by atoms with Crippen molar-refractivity contribution in [2.45, 2.75) is 6.42 Å². The Morgan fingerprint density at radius 3 is 2.77 bits per heavy atom.